The second-order valence-corrected chi connectivity index (χ2v) is 4.54. The van der Waals surface area contributed by atoms with Gasteiger partial charge in [-0.15, -0.1) is 34.7 Å². The van der Waals surface area contributed by atoms with Gasteiger partial charge in [-0.1, -0.05) is 6.07 Å². The summed E-state index contributed by atoms with van der Waals surface area (Å²) >= 11 is 9.21. The predicted octanol–water partition coefficient (Wildman–Crippen LogP) is 3.47. The Balaban J connectivity index is 2.15. The molecule has 0 unspecified atom stereocenters. The van der Waals surface area contributed by atoms with Crippen molar-refractivity contribution in [1.29, 1.82) is 0 Å². The second kappa shape index (κ2) is 5.05. The standard InChI is InChI=1S/C7H9ClS2/c8-4-2-6-10-7-3-1-5-9-7/h1,3,5H,2,4,6H2. The molecule has 0 saturated carbocycles. The molecule has 10 heavy (non-hydrogen) atoms. The van der Waals surface area contributed by atoms with E-state index in [1.165, 1.54) is 4.21 Å². The maximum absolute atomic E-state index is 5.53. The molecule has 0 amide bonds. The average molecular weight is 193 g/mol. The summed E-state index contributed by atoms with van der Waals surface area (Å²) in [4.78, 5) is 0. The molecule has 0 nitrogen and oxygen atoms in total. The van der Waals surface area contributed by atoms with Crippen molar-refractivity contribution in [2.24, 2.45) is 0 Å². The number of halogens is 1. The molecule has 0 bridgehead atoms. The number of hydrogen-bond acceptors (Lipinski definition) is 2. The molecule has 1 heterocycles. The molecule has 0 radical (unpaired) electrons. The summed E-state index contributed by atoms with van der Waals surface area (Å²) in [5, 5.41) is 2.10. The molecule has 0 aliphatic rings. The van der Waals surface area contributed by atoms with Crippen LogP contribution in [0.2, 0.25) is 0 Å². The molecule has 0 spiro atoms. The first-order chi connectivity index (χ1) is 4.93. The first-order valence-corrected chi connectivity index (χ1v) is 5.56. The van der Waals surface area contributed by atoms with E-state index in [2.05, 4.69) is 17.5 Å². The molecular weight excluding hydrogens is 184 g/mol. The molecule has 1 rings (SSSR count). The summed E-state index contributed by atoms with van der Waals surface area (Å²) in [6, 6.07) is 4.22. The van der Waals surface area contributed by atoms with E-state index in [4.69, 9.17) is 11.6 Å². The molecule has 0 aliphatic heterocycles. The van der Waals surface area contributed by atoms with Gasteiger partial charge in [-0.05, 0) is 23.6 Å². The van der Waals surface area contributed by atoms with E-state index in [1.54, 1.807) is 11.3 Å². The van der Waals surface area contributed by atoms with Crippen LogP contribution in [0.1, 0.15) is 6.42 Å². The lowest BCUT2D eigenvalue weighted by molar-refractivity contribution is 1.12. The van der Waals surface area contributed by atoms with Gasteiger partial charge in [-0.2, -0.15) is 0 Å². The van der Waals surface area contributed by atoms with Crippen LogP contribution in [-0.4, -0.2) is 11.6 Å². The molecular formula is C7H9ClS2. The molecule has 0 saturated heterocycles. The molecule has 1 aromatic rings. The van der Waals surface area contributed by atoms with E-state index in [9.17, 15) is 0 Å². The normalized spacial score (nSPS) is 10.1. The lowest BCUT2D eigenvalue weighted by atomic mass is 10.6. The van der Waals surface area contributed by atoms with Gasteiger partial charge in [-0.3, -0.25) is 0 Å². The summed E-state index contributed by atoms with van der Waals surface area (Å²) in [5.41, 5.74) is 0. The highest BCUT2D eigenvalue weighted by Crippen LogP contribution is 2.23. The average Bonchev–Trinajstić information content (AvgIpc) is 2.41. The summed E-state index contributed by atoms with van der Waals surface area (Å²) < 4.78 is 1.39. The Morgan fingerprint density at radius 3 is 3.10 bits per heavy atom. The van der Waals surface area contributed by atoms with Crippen molar-refractivity contribution in [2.75, 3.05) is 11.6 Å². The predicted molar refractivity (Wildman–Crippen MR) is 50.4 cm³/mol. The van der Waals surface area contributed by atoms with E-state index in [-0.39, 0.29) is 0 Å². The van der Waals surface area contributed by atoms with Crippen LogP contribution in [0.3, 0.4) is 0 Å². The minimum Gasteiger partial charge on any atom is -0.137 e. The van der Waals surface area contributed by atoms with E-state index in [0.29, 0.717) is 0 Å². The Bertz CT molecular complexity index is 160. The molecule has 0 aromatic carbocycles. The quantitative estimate of drug-likeness (QED) is 0.400. The first-order valence-electron chi connectivity index (χ1n) is 3.16. The topological polar surface area (TPSA) is 0 Å². The highest BCUT2D eigenvalue weighted by Gasteiger charge is 1.92. The highest BCUT2D eigenvalue weighted by molar-refractivity contribution is 8.01. The van der Waals surface area contributed by atoms with E-state index >= 15 is 0 Å². The third kappa shape index (κ3) is 2.95. The molecule has 0 N–H and O–H groups in total. The van der Waals surface area contributed by atoms with Gasteiger partial charge in [0.1, 0.15) is 0 Å². The molecule has 56 valence electrons. The van der Waals surface area contributed by atoms with Crippen molar-refractivity contribution in [3.8, 4) is 0 Å². The Labute approximate surface area is 74.6 Å². The van der Waals surface area contributed by atoms with Crippen LogP contribution in [0, 0.1) is 0 Å². The van der Waals surface area contributed by atoms with Gasteiger partial charge in [0.05, 0.1) is 4.21 Å². The monoisotopic (exact) mass is 192 g/mol. The molecule has 0 fully saturated rings. The van der Waals surface area contributed by atoms with Crippen molar-refractivity contribution in [3.05, 3.63) is 17.5 Å². The molecule has 0 aliphatic carbocycles. The van der Waals surface area contributed by atoms with Crippen molar-refractivity contribution in [3.63, 3.8) is 0 Å². The number of hydrogen-bond donors (Lipinski definition) is 0. The minimum atomic E-state index is 0.776. The second-order valence-electron chi connectivity index (χ2n) is 1.82. The zero-order valence-electron chi connectivity index (χ0n) is 5.55. The van der Waals surface area contributed by atoms with Crippen LogP contribution in [-0.2, 0) is 0 Å². The number of alkyl halides is 1. The van der Waals surface area contributed by atoms with Crippen LogP contribution in [0.25, 0.3) is 0 Å². The van der Waals surface area contributed by atoms with Crippen molar-refractivity contribution in [1.82, 2.24) is 0 Å². The highest BCUT2D eigenvalue weighted by atomic mass is 35.5. The van der Waals surface area contributed by atoms with E-state index in [1.807, 2.05) is 11.8 Å². The third-order valence-electron chi connectivity index (χ3n) is 1.02. The summed E-state index contributed by atoms with van der Waals surface area (Å²) in [7, 11) is 0. The number of thiophene rings is 1. The van der Waals surface area contributed by atoms with Gasteiger partial charge < -0.3 is 0 Å². The van der Waals surface area contributed by atoms with Crippen LogP contribution in [0.15, 0.2) is 21.7 Å². The maximum atomic E-state index is 5.53. The largest absolute Gasteiger partial charge is 0.137 e. The van der Waals surface area contributed by atoms with Gasteiger partial charge in [0.2, 0.25) is 0 Å². The first kappa shape index (κ1) is 8.44. The summed E-state index contributed by atoms with van der Waals surface area (Å²) in [6.07, 6.45) is 1.10. The van der Waals surface area contributed by atoms with Crippen molar-refractivity contribution < 1.29 is 0 Å². The lowest BCUT2D eigenvalue weighted by Gasteiger charge is -1.92. The molecule has 0 atom stereocenters. The summed E-state index contributed by atoms with van der Waals surface area (Å²) in [5.74, 6) is 1.92. The zero-order chi connectivity index (χ0) is 7.23. The fourth-order valence-corrected chi connectivity index (χ4v) is 2.67. The molecule has 1 aromatic heterocycles. The van der Waals surface area contributed by atoms with Crippen LogP contribution >= 0.6 is 34.7 Å². The number of rotatable bonds is 4. The number of thioether (sulfide) groups is 1. The van der Waals surface area contributed by atoms with Crippen molar-refractivity contribution in [2.45, 2.75) is 10.6 Å². The van der Waals surface area contributed by atoms with Gasteiger partial charge in [-0.25, -0.2) is 0 Å². The smallest absolute Gasteiger partial charge is 0.0598 e. The van der Waals surface area contributed by atoms with E-state index < -0.39 is 0 Å². The minimum absolute atomic E-state index is 0.776. The summed E-state index contributed by atoms with van der Waals surface area (Å²) in [6.45, 7) is 0. The Hall–Kier alpha value is 0.340. The van der Waals surface area contributed by atoms with Crippen molar-refractivity contribution >= 4 is 34.7 Å². The Morgan fingerprint density at radius 1 is 1.60 bits per heavy atom. The Morgan fingerprint density at radius 2 is 2.50 bits per heavy atom. The lowest BCUT2D eigenvalue weighted by Crippen LogP contribution is -1.77. The Kier molecular flexibility index (Phi) is 4.26. The maximum Gasteiger partial charge on any atom is 0.0598 e. The van der Waals surface area contributed by atoms with Gasteiger partial charge >= 0.3 is 0 Å². The fraction of sp³-hybridized carbons (Fsp3) is 0.429. The van der Waals surface area contributed by atoms with Crippen LogP contribution in [0.4, 0.5) is 0 Å². The fourth-order valence-electron chi connectivity index (χ4n) is 0.573. The molecule has 3 heteroatoms. The van der Waals surface area contributed by atoms with Gasteiger partial charge in [0.25, 0.3) is 0 Å². The van der Waals surface area contributed by atoms with Crippen LogP contribution in [0.5, 0.6) is 0 Å². The van der Waals surface area contributed by atoms with Gasteiger partial charge in [0.15, 0.2) is 0 Å². The zero-order valence-corrected chi connectivity index (χ0v) is 7.94. The van der Waals surface area contributed by atoms with Gasteiger partial charge in [0, 0.05) is 5.88 Å². The SMILES string of the molecule is ClCCCSc1cccs1. The van der Waals surface area contributed by atoms with E-state index in [0.717, 1.165) is 18.1 Å². The van der Waals surface area contributed by atoms with Crippen LogP contribution < -0.4 is 0 Å². The third-order valence-corrected chi connectivity index (χ3v) is 3.50.